The van der Waals surface area contributed by atoms with Crippen molar-refractivity contribution < 1.29 is 14.6 Å². The van der Waals surface area contributed by atoms with Crippen molar-refractivity contribution in [3.05, 3.63) is 97.0 Å². The maximum atomic E-state index is 14.5. The van der Waals surface area contributed by atoms with Gasteiger partial charge in [0.05, 0.1) is 38.8 Å². The van der Waals surface area contributed by atoms with E-state index in [1.807, 2.05) is 17.0 Å². The molecule has 1 saturated carbocycles. The zero-order valence-electron chi connectivity index (χ0n) is 26.1. The molecule has 3 aromatic carbocycles. The van der Waals surface area contributed by atoms with Crippen molar-refractivity contribution in [2.24, 2.45) is 0 Å². The number of hydrogen-bond acceptors (Lipinski definition) is 6. The number of ether oxygens (including phenoxy) is 1. The maximum Gasteiger partial charge on any atom is 0.252 e. The number of anilines is 1. The molecular weight excluding hydrogens is 678 g/mol. The number of fused-ring (bicyclic) bond motifs is 2. The number of piperazine rings is 1. The molecule has 4 aliphatic rings. The normalized spacial score (nSPS) is 23.2. The second-order valence-corrected chi connectivity index (χ2v) is 14.7. The number of carbonyl (C=O) groups is 1. The fourth-order valence-corrected chi connectivity index (χ4v) is 8.01. The lowest BCUT2D eigenvalue weighted by Gasteiger charge is -2.41. The number of halogens is 4. The van der Waals surface area contributed by atoms with E-state index in [1.54, 1.807) is 25.1 Å². The zero-order valence-corrected chi connectivity index (χ0v) is 29.1. The Bertz CT molecular complexity index is 1670. The molecule has 47 heavy (non-hydrogen) atoms. The number of hydrogen-bond donors (Lipinski definition) is 3. The van der Waals surface area contributed by atoms with Gasteiger partial charge in [0, 0.05) is 55.9 Å². The smallest absolute Gasteiger partial charge is 0.252 e. The largest absolute Gasteiger partial charge is 0.485 e. The molecule has 3 aromatic rings. The number of benzene rings is 3. The van der Waals surface area contributed by atoms with E-state index < -0.39 is 6.10 Å². The summed E-state index contributed by atoms with van der Waals surface area (Å²) in [7, 11) is 0. The van der Waals surface area contributed by atoms with Gasteiger partial charge in [-0.1, -0.05) is 70.7 Å². The summed E-state index contributed by atoms with van der Waals surface area (Å²) >= 11 is 25.9. The fourth-order valence-electron chi connectivity index (χ4n) is 7.03. The van der Waals surface area contributed by atoms with Crippen LogP contribution in [0.25, 0.3) is 5.57 Å². The third-order valence-corrected chi connectivity index (χ3v) is 11.1. The lowest BCUT2D eigenvalue weighted by atomic mass is 9.83. The minimum Gasteiger partial charge on any atom is -0.485 e. The van der Waals surface area contributed by atoms with Gasteiger partial charge < -0.3 is 30.3 Å². The first-order chi connectivity index (χ1) is 22.7. The van der Waals surface area contributed by atoms with Crippen molar-refractivity contribution in [2.45, 2.75) is 69.5 Å². The van der Waals surface area contributed by atoms with E-state index >= 15 is 0 Å². The Morgan fingerprint density at radius 1 is 1.02 bits per heavy atom. The molecule has 1 aliphatic carbocycles. The molecule has 3 heterocycles. The van der Waals surface area contributed by atoms with Gasteiger partial charge in [-0.05, 0) is 78.8 Å². The van der Waals surface area contributed by atoms with Crippen molar-refractivity contribution in [3.63, 3.8) is 0 Å². The highest BCUT2D eigenvalue weighted by atomic mass is 35.5. The minimum absolute atomic E-state index is 0.0643. The first kappa shape index (κ1) is 33.0. The van der Waals surface area contributed by atoms with E-state index in [9.17, 15) is 9.90 Å². The van der Waals surface area contributed by atoms with Crippen LogP contribution in [0.1, 0.15) is 55.4 Å². The monoisotopic (exact) mass is 714 g/mol. The van der Waals surface area contributed by atoms with E-state index in [0.717, 1.165) is 66.7 Å². The standard InChI is InChI=1S/C36H38Cl4N4O3/c1-20(45)23-13-30(38)35(31(39)14-23)47-27-11-12-43(19-27)25-7-5-21(6-8-25)28-15-24-16-41-17-32(42-24)33(28)36(46)44(26-9-10-26)18-22-3-2-4-29(37)34(22)40/h2-8,13-14,20,24,26-27,32,41-42,45H,9-12,15-19H2,1H3/t20-,24-,27+,32-/m1/s1. The molecule has 0 spiro atoms. The van der Waals surface area contributed by atoms with Gasteiger partial charge in [0.1, 0.15) is 6.10 Å². The predicted octanol–water partition coefficient (Wildman–Crippen LogP) is 7.29. The molecule has 3 fully saturated rings. The van der Waals surface area contributed by atoms with Gasteiger partial charge in [-0.15, -0.1) is 0 Å². The topological polar surface area (TPSA) is 77.1 Å². The van der Waals surface area contributed by atoms with E-state index in [2.05, 4.69) is 39.8 Å². The van der Waals surface area contributed by atoms with Crippen LogP contribution in [0.4, 0.5) is 5.69 Å². The summed E-state index contributed by atoms with van der Waals surface area (Å²) < 4.78 is 6.26. The van der Waals surface area contributed by atoms with Crippen LogP contribution >= 0.6 is 46.4 Å². The number of amides is 1. The quantitative estimate of drug-likeness (QED) is 0.216. The summed E-state index contributed by atoms with van der Waals surface area (Å²) in [5.41, 5.74) is 5.66. The first-order valence-corrected chi connectivity index (χ1v) is 17.8. The lowest BCUT2D eigenvalue weighted by molar-refractivity contribution is -0.128. The van der Waals surface area contributed by atoms with E-state index in [-0.39, 0.29) is 30.1 Å². The average molecular weight is 717 g/mol. The van der Waals surface area contributed by atoms with Crippen LogP contribution in [0.5, 0.6) is 5.75 Å². The highest BCUT2D eigenvalue weighted by Gasteiger charge is 2.41. The molecular formula is C36H38Cl4N4O3. The highest BCUT2D eigenvalue weighted by molar-refractivity contribution is 6.42. The summed E-state index contributed by atoms with van der Waals surface area (Å²) in [4.78, 5) is 18.8. The van der Waals surface area contributed by atoms with Crippen LogP contribution in [-0.4, -0.2) is 66.3 Å². The first-order valence-electron chi connectivity index (χ1n) is 16.3. The van der Waals surface area contributed by atoms with Crippen molar-refractivity contribution in [1.29, 1.82) is 0 Å². The minimum atomic E-state index is -0.666. The average Bonchev–Trinajstić information content (AvgIpc) is 3.79. The molecule has 248 valence electrons. The van der Waals surface area contributed by atoms with Crippen LogP contribution < -0.4 is 20.3 Å². The Kier molecular flexibility index (Phi) is 9.69. The van der Waals surface area contributed by atoms with Crippen LogP contribution in [0.15, 0.2) is 60.2 Å². The molecule has 4 atom stereocenters. The summed E-state index contributed by atoms with van der Waals surface area (Å²) in [5.74, 6) is 0.522. The number of nitrogens with one attached hydrogen (secondary N) is 2. The SMILES string of the molecule is C[C@@H](O)c1cc(Cl)c(O[C@H]2CCN(c3ccc(C4=C(C(=O)N(Cc5cccc(Cl)c5Cl)C5CC5)[C@H]5CNC[C@@H](C4)N5)cc3)C2)c(Cl)c1. The lowest BCUT2D eigenvalue weighted by Crippen LogP contribution is -2.60. The highest BCUT2D eigenvalue weighted by Crippen LogP contribution is 2.40. The second-order valence-electron chi connectivity index (χ2n) is 13.1. The second kappa shape index (κ2) is 13.8. The molecule has 2 saturated heterocycles. The number of aliphatic hydroxyl groups excluding tert-OH is 1. The van der Waals surface area contributed by atoms with Crippen LogP contribution in [-0.2, 0) is 11.3 Å². The van der Waals surface area contributed by atoms with Gasteiger partial charge in [-0.3, -0.25) is 4.79 Å². The van der Waals surface area contributed by atoms with Crippen LogP contribution in [0.2, 0.25) is 20.1 Å². The summed E-state index contributed by atoms with van der Waals surface area (Å²) in [6.45, 7) is 5.21. The van der Waals surface area contributed by atoms with Crippen LogP contribution in [0.3, 0.4) is 0 Å². The Morgan fingerprint density at radius 2 is 1.77 bits per heavy atom. The molecule has 0 aromatic heterocycles. The van der Waals surface area contributed by atoms with Gasteiger partial charge >= 0.3 is 0 Å². The summed E-state index contributed by atoms with van der Waals surface area (Å²) in [6.07, 6.45) is 2.84. The van der Waals surface area contributed by atoms with Gasteiger partial charge in [-0.25, -0.2) is 0 Å². The Balaban J connectivity index is 1.11. The summed E-state index contributed by atoms with van der Waals surface area (Å²) in [5, 5.41) is 18.9. The maximum absolute atomic E-state index is 14.5. The van der Waals surface area contributed by atoms with Crippen molar-refractivity contribution in [2.75, 3.05) is 31.1 Å². The fraction of sp³-hybridized carbons (Fsp3) is 0.417. The Morgan fingerprint density at radius 3 is 2.47 bits per heavy atom. The Hall–Kier alpha value is -2.49. The molecule has 11 heteroatoms. The van der Waals surface area contributed by atoms with E-state index in [0.29, 0.717) is 51.0 Å². The van der Waals surface area contributed by atoms with Gasteiger partial charge in [0.2, 0.25) is 0 Å². The van der Waals surface area contributed by atoms with E-state index in [4.69, 9.17) is 51.1 Å². The zero-order chi connectivity index (χ0) is 32.8. The summed E-state index contributed by atoms with van der Waals surface area (Å²) in [6, 6.07) is 18.0. The Labute approximate surface area is 295 Å². The molecule has 2 bridgehead atoms. The number of carbonyl (C=O) groups excluding carboxylic acids is 1. The van der Waals surface area contributed by atoms with Crippen molar-refractivity contribution >= 4 is 63.6 Å². The number of nitrogens with zero attached hydrogens (tertiary/aromatic N) is 2. The van der Waals surface area contributed by atoms with Crippen LogP contribution in [0, 0.1) is 0 Å². The third-order valence-electron chi connectivity index (χ3n) is 9.66. The molecule has 7 rings (SSSR count). The van der Waals surface area contributed by atoms with Crippen molar-refractivity contribution in [1.82, 2.24) is 15.5 Å². The van der Waals surface area contributed by atoms with Gasteiger partial charge in [0.25, 0.3) is 5.91 Å². The molecule has 7 nitrogen and oxygen atoms in total. The molecule has 1 amide bonds. The predicted molar refractivity (Wildman–Crippen MR) is 190 cm³/mol. The van der Waals surface area contributed by atoms with Gasteiger partial charge in [-0.2, -0.15) is 0 Å². The molecule has 3 N–H and O–H groups in total. The number of rotatable bonds is 9. The van der Waals surface area contributed by atoms with E-state index in [1.165, 1.54) is 0 Å². The van der Waals surface area contributed by atoms with Gasteiger partial charge in [0.15, 0.2) is 5.75 Å². The van der Waals surface area contributed by atoms with Crippen molar-refractivity contribution in [3.8, 4) is 5.75 Å². The third kappa shape index (κ3) is 7.00. The molecule has 0 radical (unpaired) electrons. The number of aliphatic hydroxyl groups is 1. The molecule has 0 unspecified atom stereocenters. The molecule has 3 aliphatic heterocycles.